The maximum Gasteiger partial charge on any atom is 0.254 e. The number of aryl methyl sites for hydroxylation is 1. The Morgan fingerprint density at radius 1 is 1.44 bits per heavy atom. The Balaban J connectivity index is 2.88. The zero-order valence-corrected chi connectivity index (χ0v) is 11.8. The van der Waals surface area contributed by atoms with Crippen molar-refractivity contribution in [1.82, 2.24) is 4.90 Å². The summed E-state index contributed by atoms with van der Waals surface area (Å²) in [6.45, 7) is 7.00. The third kappa shape index (κ3) is 3.34. The highest BCUT2D eigenvalue weighted by Gasteiger charge is 2.15. The minimum Gasteiger partial charge on any atom is -0.341 e. The van der Waals surface area contributed by atoms with E-state index in [1.165, 1.54) is 0 Å². The molecule has 0 aliphatic carbocycles. The van der Waals surface area contributed by atoms with Gasteiger partial charge in [-0.1, -0.05) is 19.9 Å². The molecule has 0 bridgehead atoms. The van der Waals surface area contributed by atoms with E-state index in [4.69, 9.17) is 0 Å². The van der Waals surface area contributed by atoms with Crippen LogP contribution in [0.4, 0.5) is 0 Å². The van der Waals surface area contributed by atoms with E-state index in [0.29, 0.717) is 5.92 Å². The maximum atomic E-state index is 12.1. The molecular weight excluding hydrogens is 266 g/mol. The molecule has 1 aromatic rings. The second-order valence-corrected chi connectivity index (χ2v) is 5.42. The first-order valence-corrected chi connectivity index (χ1v) is 6.22. The first-order valence-electron chi connectivity index (χ1n) is 5.43. The number of carbonyl (C=O) groups is 1. The van der Waals surface area contributed by atoms with E-state index in [1.807, 2.05) is 32.2 Å². The van der Waals surface area contributed by atoms with Crippen molar-refractivity contribution in [2.45, 2.75) is 20.8 Å². The lowest BCUT2D eigenvalue weighted by Crippen LogP contribution is -2.30. The molecule has 1 amide bonds. The number of hydrogen-bond acceptors (Lipinski definition) is 1. The number of hydrogen-bond donors (Lipinski definition) is 0. The van der Waals surface area contributed by atoms with Gasteiger partial charge in [-0.15, -0.1) is 0 Å². The quantitative estimate of drug-likeness (QED) is 0.832. The Morgan fingerprint density at radius 2 is 2.06 bits per heavy atom. The minimum absolute atomic E-state index is 0.0700. The fraction of sp³-hybridized carbons (Fsp3) is 0.462. The monoisotopic (exact) mass is 283 g/mol. The summed E-state index contributed by atoms with van der Waals surface area (Å²) in [6.07, 6.45) is 0. The minimum atomic E-state index is 0.0700. The summed E-state index contributed by atoms with van der Waals surface area (Å²) in [4.78, 5) is 13.9. The summed E-state index contributed by atoms with van der Waals surface area (Å²) in [7, 11) is 1.84. The standard InChI is InChI=1S/C13H18BrNO/c1-9(2)8-15(4)13(16)11-6-5-10(3)7-12(11)14/h5-7,9H,8H2,1-4H3. The van der Waals surface area contributed by atoms with Crippen LogP contribution in [-0.2, 0) is 0 Å². The Hall–Kier alpha value is -0.830. The third-order valence-electron chi connectivity index (χ3n) is 2.34. The number of nitrogens with zero attached hydrogens (tertiary/aromatic N) is 1. The lowest BCUT2D eigenvalue weighted by atomic mass is 10.1. The van der Waals surface area contributed by atoms with Gasteiger partial charge in [0, 0.05) is 18.1 Å². The van der Waals surface area contributed by atoms with Crippen LogP contribution in [0.15, 0.2) is 22.7 Å². The second-order valence-electron chi connectivity index (χ2n) is 4.56. The number of amides is 1. The Morgan fingerprint density at radius 3 is 2.56 bits per heavy atom. The van der Waals surface area contributed by atoms with Crippen LogP contribution in [0.3, 0.4) is 0 Å². The average Bonchev–Trinajstić information content (AvgIpc) is 2.15. The number of halogens is 1. The van der Waals surface area contributed by atoms with Crippen LogP contribution in [0, 0.1) is 12.8 Å². The maximum absolute atomic E-state index is 12.1. The highest BCUT2D eigenvalue weighted by Crippen LogP contribution is 2.20. The van der Waals surface area contributed by atoms with Crippen LogP contribution in [0.5, 0.6) is 0 Å². The molecule has 0 saturated heterocycles. The molecule has 0 aromatic heterocycles. The van der Waals surface area contributed by atoms with Crippen LogP contribution in [-0.4, -0.2) is 24.4 Å². The van der Waals surface area contributed by atoms with Gasteiger partial charge in [0.1, 0.15) is 0 Å². The van der Waals surface area contributed by atoms with Crippen LogP contribution in [0.25, 0.3) is 0 Å². The highest BCUT2D eigenvalue weighted by atomic mass is 79.9. The Labute approximate surface area is 106 Å². The summed E-state index contributed by atoms with van der Waals surface area (Å²) in [5.41, 5.74) is 1.88. The predicted molar refractivity (Wildman–Crippen MR) is 70.7 cm³/mol. The van der Waals surface area contributed by atoms with Crippen molar-refractivity contribution in [2.75, 3.05) is 13.6 Å². The molecule has 0 N–H and O–H groups in total. The van der Waals surface area contributed by atoms with Gasteiger partial charge in [-0.2, -0.15) is 0 Å². The van der Waals surface area contributed by atoms with Crippen LogP contribution < -0.4 is 0 Å². The van der Waals surface area contributed by atoms with Gasteiger partial charge in [0.05, 0.1) is 5.56 Å². The fourth-order valence-corrected chi connectivity index (χ4v) is 2.29. The fourth-order valence-electron chi connectivity index (χ4n) is 1.63. The molecule has 16 heavy (non-hydrogen) atoms. The third-order valence-corrected chi connectivity index (χ3v) is 3.00. The normalized spacial score (nSPS) is 10.6. The first kappa shape index (κ1) is 13.2. The summed E-state index contributed by atoms with van der Waals surface area (Å²) < 4.78 is 0.869. The van der Waals surface area contributed by atoms with E-state index < -0.39 is 0 Å². The van der Waals surface area contributed by atoms with Crippen molar-refractivity contribution >= 4 is 21.8 Å². The van der Waals surface area contributed by atoms with Crippen LogP contribution >= 0.6 is 15.9 Å². The molecule has 1 aromatic carbocycles. The van der Waals surface area contributed by atoms with E-state index in [9.17, 15) is 4.79 Å². The molecule has 2 nitrogen and oxygen atoms in total. The summed E-state index contributed by atoms with van der Waals surface area (Å²) in [5.74, 6) is 0.554. The van der Waals surface area contributed by atoms with E-state index in [0.717, 1.165) is 22.1 Å². The van der Waals surface area contributed by atoms with Gasteiger partial charge in [-0.3, -0.25) is 4.79 Å². The molecule has 0 spiro atoms. The lowest BCUT2D eigenvalue weighted by Gasteiger charge is -2.20. The van der Waals surface area contributed by atoms with Gasteiger partial charge >= 0.3 is 0 Å². The largest absolute Gasteiger partial charge is 0.341 e. The van der Waals surface area contributed by atoms with Crippen LogP contribution in [0.1, 0.15) is 29.8 Å². The zero-order valence-electron chi connectivity index (χ0n) is 10.2. The molecule has 0 radical (unpaired) electrons. The summed E-state index contributed by atoms with van der Waals surface area (Å²) in [5, 5.41) is 0. The van der Waals surface area contributed by atoms with Gasteiger partial charge in [0.25, 0.3) is 5.91 Å². The number of carbonyl (C=O) groups excluding carboxylic acids is 1. The van der Waals surface area contributed by atoms with Crippen molar-refractivity contribution in [1.29, 1.82) is 0 Å². The van der Waals surface area contributed by atoms with Crippen molar-refractivity contribution in [3.8, 4) is 0 Å². The molecule has 0 aliphatic rings. The highest BCUT2D eigenvalue weighted by molar-refractivity contribution is 9.10. The Kier molecular flexibility index (Phi) is 4.54. The topological polar surface area (TPSA) is 20.3 Å². The van der Waals surface area contributed by atoms with Gasteiger partial charge in [0.2, 0.25) is 0 Å². The first-order chi connectivity index (χ1) is 7.41. The molecule has 1 rings (SSSR count). The molecule has 0 atom stereocenters. The molecule has 0 aliphatic heterocycles. The van der Waals surface area contributed by atoms with Crippen molar-refractivity contribution < 1.29 is 4.79 Å². The van der Waals surface area contributed by atoms with E-state index in [1.54, 1.807) is 4.90 Å². The van der Waals surface area contributed by atoms with E-state index >= 15 is 0 Å². The molecule has 0 unspecified atom stereocenters. The number of rotatable bonds is 3. The lowest BCUT2D eigenvalue weighted by molar-refractivity contribution is 0.0778. The van der Waals surface area contributed by atoms with E-state index in [2.05, 4.69) is 29.8 Å². The zero-order chi connectivity index (χ0) is 12.3. The molecule has 3 heteroatoms. The smallest absolute Gasteiger partial charge is 0.254 e. The SMILES string of the molecule is Cc1ccc(C(=O)N(C)CC(C)C)c(Br)c1. The molecule has 88 valence electrons. The van der Waals surface area contributed by atoms with Crippen molar-refractivity contribution in [2.24, 2.45) is 5.92 Å². The van der Waals surface area contributed by atoms with Gasteiger partial charge < -0.3 is 4.90 Å². The summed E-state index contributed by atoms with van der Waals surface area (Å²) in [6, 6.07) is 5.80. The average molecular weight is 284 g/mol. The van der Waals surface area contributed by atoms with Gasteiger partial charge in [0.15, 0.2) is 0 Å². The molecular formula is C13H18BrNO. The molecule has 0 saturated carbocycles. The molecule has 0 heterocycles. The van der Waals surface area contributed by atoms with Crippen molar-refractivity contribution in [3.63, 3.8) is 0 Å². The number of benzene rings is 1. The van der Waals surface area contributed by atoms with Gasteiger partial charge in [-0.05, 0) is 46.5 Å². The van der Waals surface area contributed by atoms with Crippen molar-refractivity contribution in [3.05, 3.63) is 33.8 Å². The van der Waals surface area contributed by atoms with Crippen LogP contribution in [0.2, 0.25) is 0 Å². The summed E-state index contributed by atoms with van der Waals surface area (Å²) >= 11 is 3.43. The molecule has 0 fully saturated rings. The predicted octanol–water partition coefficient (Wildman–Crippen LogP) is 3.49. The second kappa shape index (κ2) is 5.48. The van der Waals surface area contributed by atoms with Gasteiger partial charge in [-0.25, -0.2) is 0 Å². The van der Waals surface area contributed by atoms with E-state index in [-0.39, 0.29) is 5.91 Å². The Bertz CT molecular complexity index is 388.